The first kappa shape index (κ1) is 11.0. The zero-order chi connectivity index (χ0) is 10.9. The van der Waals surface area contributed by atoms with Crippen LogP contribution in [0.2, 0.25) is 5.02 Å². The molecule has 0 fully saturated rings. The van der Waals surface area contributed by atoms with Crippen LogP contribution in [-0.2, 0) is 5.67 Å². The van der Waals surface area contributed by atoms with Gasteiger partial charge in [-0.25, -0.2) is 9.18 Å². The molecule has 1 aromatic rings. The van der Waals surface area contributed by atoms with E-state index in [1.165, 1.54) is 32.0 Å². The first-order valence-electron chi connectivity index (χ1n) is 4.05. The number of halogens is 2. The Morgan fingerprint density at radius 2 is 2.07 bits per heavy atom. The van der Waals surface area contributed by atoms with Crippen molar-refractivity contribution in [2.75, 3.05) is 0 Å². The Bertz CT molecular complexity index is 369. The molecule has 0 bridgehead atoms. The van der Waals surface area contributed by atoms with Gasteiger partial charge in [0.2, 0.25) is 0 Å². The maximum absolute atomic E-state index is 13.7. The summed E-state index contributed by atoms with van der Waals surface area (Å²) < 4.78 is 13.7. The monoisotopic (exact) mass is 216 g/mol. The van der Waals surface area contributed by atoms with Crippen LogP contribution in [0, 0.1) is 0 Å². The number of hydrogen-bond donors (Lipinski definition) is 1. The van der Waals surface area contributed by atoms with Crippen LogP contribution < -0.4 is 0 Å². The topological polar surface area (TPSA) is 37.3 Å². The maximum Gasteiger partial charge on any atom is 0.336 e. The highest BCUT2D eigenvalue weighted by Crippen LogP contribution is 2.33. The summed E-state index contributed by atoms with van der Waals surface area (Å²) in [7, 11) is 0. The number of alkyl halides is 1. The summed E-state index contributed by atoms with van der Waals surface area (Å²) in [5, 5.41) is 8.96. The molecule has 1 rings (SSSR count). The van der Waals surface area contributed by atoms with Crippen LogP contribution in [0.15, 0.2) is 18.2 Å². The van der Waals surface area contributed by atoms with E-state index in [4.69, 9.17) is 16.7 Å². The summed E-state index contributed by atoms with van der Waals surface area (Å²) in [6, 6.07) is 4.30. The minimum absolute atomic E-state index is 0.0224. The van der Waals surface area contributed by atoms with Crippen LogP contribution in [0.3, 0.4) is 0 Å². The van der Waals surface area contributed by atoms with Crippen molar-refractivity contribution < 1.29 is 14.3 Å². The van der Waals surface area contributed by atoms with Crippen molar-refractivity contribution in [3.05, 3.63) is 34.3 Å². The zero-order valence-electron chi connectivity index (χ0n) is 7.84. The van der Waals surface area contributed by atoms with Gasteiger partial charge in [-0.1, -0.05) is 17.7 Å². The van der Waals surface area contributed by atoms with Crippen molar-refractivity contribution in [3.8, 4) is 0 Å². The molecule has 2 nitrogen and oxygen atoms in total. The average molecular weight is 217 g/mol. The van der Waals surface area contributed by atoms with Crippen LogP contribution >= 0.6 is 11.6 Å². The second-order valence-electron chi connectivity index (χ2n) is 3.44. The Morgan fingerprint density at radius 1 is 1.50 bits per heavy atom. The smallest absolute Gasteiger partial charge is 0.336 e. The summed E-state index contributed by atoms with van der Waals surface area (Å²) >= 11 is 5.75. The van der Waals surface area contributed by atoms with Gasteiger partial charge in [0.15, 0.2) is 0 Å². The fraction of sp³-hybridized carbons (Fsp3) is 0.300. The molecular formula is C10H10ClFO2. The minimum Gasteiger partial charge on any atom is -0.478 e. The van der Waals surface area contributed by atoms with E-state index in [1.807, 2.05) is 0 Å². The number of carboxylic acids is 1. The van der Waals surface area contributed by atoms with Crippen molar-refractivity contribution in [3.63, 3.8) is 0 Å². The van der Waals surface area contributed by atoms with E-state index in [-0.39, 0.29) is 16.1 Å². The van der Waals surface area contributed by atoms with Gasteiger partial charge in [0, 0.05) is 10.6 Å². The standard InChI is InChI=1S/C10H10ClFO2/c1-10(2,12)8-6(9(13)14)4-3-5-7(8)11/h3-5H,1-2H3,(H,13,14). The number of aromatic carboxylic acids is 1. The van der Waals surface area contributed by atoms with Gasteiger partial charge in [0.1, 0.15) is 5.67 Å². The van der Waals surface area contributed by atoms with Gasteiger partial charge >= 0.3 is 5.97 Å². The summed E-state index contributed by atoms with van der Waals surface area (Å²) in [4.78, 5) is 10.8. The molecule has 1 aromatic carbocycles. The first-order chi connectivity index (χ1) is 6.34. The van der Waals surface area contributed by atoms with Crippen LogP contribution in [0.5, 0.6) is 0 Å². The number of hydrogen-bond acceptors (Lipinski definition) is 1. The molecule has 0 spiro atoms. The van der Waals surface area contributed by atoms with Gasteiger partial charge in [0.05, 0.1) is 5.56 Å². The second-order valence-corrected chi connectivity index (χ2v) is 3.85. The fourth-order valence-corrected chi connectivity index (χ4v) is 1.71. The van der Waals surface area contributed by atoms with E-state index in [0.717, 1.165) is 0 Å². The van der Waals surface area contributed by atoms with E-state index in [2.05, 4.69) is 0 Å². The van der Waals surface area contributed by atoms with Crippen molar-refractivity contribution in [1.29, 1.82) is 0 Å². The SMILES string of the molecule is CC(C)(F)c1c(Cl)cccc1C(=O)O. The molecule has 0 atom stereocenters. The molecule has 0 aliphatic rings. The molecule has 0 aromatic heterocycles. The van der Waals surface area contributed by atoms with E-state index in [0.29, 0.717) is 0 Å². The van der Waals surface area contributed by atoms with Crippen molar-refractivity contribution >= 4 is 17.6 Å². The lowest BCUT2D eigenvalue weighted by Gasteiger charge is -2.18. The van der Waals surface area contributed by atoms with Gasteiger partial charge in [-0.15, -0.1) is 0 Å². The van der Waals surface area contributed by atoms with E-state index < -0.39 is 11.6 Å². The zero-order valence-corrected chi connectivity index (χ0v) is 8.60. The molecule has 4 heteroatoms. The third kappa shape index (κ3) is 2.04. The van der Waals surface area contributed by atoms with E-state index >= 15 is 0 Å². The van der Waals surface area contributed by atoms with Crippen LogP contribution in [0.25, 0.3) is 0 Å². The molecule has 1 N–H and O–H groups in total. The third-order valence-corrected chi connectivity index (χ3v) is 2.15. The van der Waals surface area contributed by atoms with Crippen LogP contribution in [0.4, 0.5) is 4.39 Å². The number of rotatable bonds is 2. The van der Waals surface area contributed by atoms with Gasteiger partial charge in [-0.3, -0.25) is 0 Å². The van der Waals surface area contributed by atoms with Gasteiger partial charge < -0.3 is 5.11 Å². The summed E-state index contributed by atoms with van der Waals surface area (Å²) in [5.74, 6) is -1.17. The van der Waals surface area contributed by atoms with Gasteiger partial charge in [0.25, 0.3) is 0 Å². The van der Waals surface area contributed by atoms with Crippen molar-refractivity contribution in [2.45, 2.75) is 19.5 Å². The molecule has 0 heterocycles. The molecule has 0 amide bonds. The summed E-state index contributed by atoms with van der Waals surface area (Å²) in [6.07, 6.45) is 0. The Morgan fingerprint density at radius 3 is 2.43 bits per heavy atom. The molecular weight excluding hydrogens is 207 g/mol. The highest BCUT2D eigenvalue weighted by molar-refractivity contribution is 6.32. The lowest BCUT2D eigenvalue weighted by atomic mass is 9.94. The number of carbonyl (C=O) groups is 1. The normalized spacial score (nSPS) is 11.4. The molecule has 14 heavy (non-hydrogen) atoms. The predicted octanol–water partition coefficient (Wildman–Crippen LogP) is 3.24. The molecule has 0 radical (unpaired) electrons. The molecule has 0 aliphatic heterocycles. The first-order valence-corrected chi connectivity index (χ1v) is 4.43. The highest BCUT2D eigenvalue weighted by Gasteiger charge is 2.27. The predicted molar refractivity (Wildman–Crippen MR) is 52.5 cm³/mol. The molecule has 76 valence electrons. The van der Waals surface area contributed by atoms with Crippen molar-refractivity contribution in [2.24, 2.45) is 0 Å². The molecule has 0 saturated carbocycles. The fourth-order valence-electron chi connectivity index (χ4n) is 1.31. The Kier molecular flexibility index (Phi) is 2.81. The third-order valence-electron chi connectivity index (χ3n) is 1.84. The largest absolute Gasteiger partial charge is 0.478 e. The Hall–Kier alpha value is -1.09. The lowest BCUT2D eigenvalue weighted by Crippen LogP contribution is -2.16. The minimum atomic E-state index is -1.76. The average Bonchev–Trinajstić information content (AvgIpc) is 2.01. The maximum atomic E-state index is 13.7. The van der Waals surface area contributed by atoms with E-state index in [1.54, 1.807) is 0 Å². The van der Waals surface area contributed by atoms with Gasteiger partial charge in [-0.2, -0.15) is 0 Å². The Labute approximate surface area is 86.3 Å². The lowest BCUT2D eigenvalue weighted by molar-refractivity contribution is 0.0689. The summed E-state index contributed by atoms with van der Waals surface area (Å²) in [6.45, 7) is 2.56. The highest BCUT2D eigenvalue weighted by atomic mass is 35.5. The van der Waals surface area contributed by atoms with Crippen LogP contribution in [0.1, 0.15) is 29.8 Å². The second kappa shape index (κ2) is 3.58. The summed E-state index contributed by atoms with van der Waals surface area (Å²) in [5.41, 5.74) is -1.83. The van der Waals surface area contributed by atoms with E-state index in [9.17, 15) is 9.18 Å². The Balaban J connectivity index is 3.45. The number of benzene rings is 1. The molecule has 0 aliphatic carbocycles. The number of carboxylic acid groups (broad SMARTS) is 1. The molecule has 0 unspecified atom stereocenters. The quantitative estimate of drug-likeness (QED) is 0.824. The molecule has 0 saturated heterocycles. The van der Waals surface area contributed by atoms with Crippen LogP contribution in [-0.4, -0.2) is 11.1 Å². The van der Waals surface area contributed by atoms with Crippen molar-refractivity contribution in [1.82, 2.24) is 0 Å². The van der Waals surface area contributed by atoms with Gasteiger partial charge in [-0.05, 0) is 26.0 Å².